The SMILES string of the molecule is [C-]#[N+]c1ccc(N2CC3(CCN(c4ccc(C(=O)N5CC(N6CCN(c7cc8c(cc7F)C(=O)N(C7CCC(=O)NC7=O)C8=O)CC6)C5)nc4)CC3)C[C@@H]2C)cc1Cl. The third-order valence-corrected chi connectivity index (χ3v) is 13.4. The Morgan fingerprint density at radius 2 is 1.64 bits per heavy atom. The van der Waals surface area contributed by atoms with E-state index in [-0.39, 0.29) is 47.0 Å². The average Bonchev–Trinajstić information content (AvgIpc) is 3.65. The van der Waals surface area contributed by atoms with Crippen LogP contribution in [0.25, 0.3) is 4.85 Å². The molecule has 1 spiro atoms. The summed E-state index contributed by atoms with van der Waals surface area (Å²) in [4.78, 5) is 83.4. The fourth-order valence-corrected chi connectivity index (χ4v) is 10.0. The van der Waals surface area contributed by atoms with E-state index in [9.17, 15) is 24.0 Å². The fraction of sp³-hybridized carbons (Fsp3) is 0.452. The lowest BCUT2D eigenvalue weighted by molar-refractivity contribution is -0.136. The van der Waals surface area contributed by atoms with Crippen LogP contribution in [0.4, 0.5) is 27.1 Å². The summed E-state index contributed by atoms with van der Waals surface area (Å²) in [6, 6.07) is 11.4. The van der Waals surface area contributed by atoms with Crippen LogP contribution in [0.5, 0.6) is 0 Å². The van der Waals surface area contributed by atoms with Crippen molar-refractivity contribution in [1.29, 1.82) is 0 Å². The van der Waals surface area contributed by atoms with E-state index in [1.165, 1.54) is 6.07 Å². The maximum Gasteiger partial charge on any atom is 0.272 e. The van der Waals surface area contributed by atoms with Gasteiger partial charge >= 0.3 is 0 Å². The van der Waals surface area contributed by atoms with Crippen molar-refractivity contribution in [2.45, 2.75) is 57.2 Å². The smallest absolute Gasteiger partial charge is 0.272 e. The van der Waals surface area contributed by atoms with Gasteiger partial charge in [0.25, 0.3) is 17.7 Å². The molecule has 0 aliphatic carbocycles. The minimum atomic E-state index is -1.11. The van der Waals surface area contributed by atoms with Crippen molar-refractivity contribution in [3.8, 4) is 0 Å². The van der Waals surface area contributed by atoms with Gasteiger partial charge in [-0.2, -0.15) is 0 Å². The number of pyridine rings is 1. The first kappa shape index (κ1) is 38.0. The van der Waals surface area contributed by atoms with Gasteiger partial charge in [-0.25, -0.2) is 14.2 Å². The lowest BCUT2D eigenvalue weighted by atomic mass is 9.76. The number of amides is 5. The summed E-state index contributed by atoms with van der Waals surface area (Å²) in [6.45, 7) is 15.7. The predicted octanol–water partition coefficient (Wildman–Crippen LogP) is 4.36. The molecule has 2 aromatic carbocycles. The van der Waals surface area contributed by atoms with E-state index in [1.54, 1.807) is 17.2 Å². The number of fused-ring (bicyclic) bond motifs is 1. The zero-order valence-corrected chi connectivity index (χ0v) is 32.9. The molecule has 16 heteroatoms. The molecule has 9 rings (SSSR count). The molecular formula is C42H43ClFN9O5. The average molecular weight is 808 g/mol. The van der Waals surface area contributed by atoms with Crippen molar-refractivity contribution in [2.75, 3.05) is 73.6 Å². The van der Waals surface area contributed by atoms with Gasteiger partial charge in [0.1, 0.15) is 17.6 Å². The molecule has 1 N–H and O–H groups in total. The molecule has 300 valence electrons. The first-order valence-corrected chi connectivity index (χ1v) is 20.3. The Hall–Kier alpha value is -5.59. The zero-order chi connectivity index (χ0) is 40.5. The number of carbonyl (C=O) groups is 5. The lowest BCUT2D eigenvalue weighted by Gasteiger charge is -2.48. The van der Waals surface area contributed by atoms with Crippen LogP contribution in [0.15, 0.2) is 48.7 Å². The van der Waals surface area contributed by atoms with Crippen molar-refractivity contribution in [3.05, 3.63) is 87.7 Å². The van der Waals surface area contributed by atoms with E-state index in [1.807, 2.05) is 29.2 Å². The van der Waals surface area contributed by atoms with Crippen LogP contribution in [0.1, 0.15) is 70.2 Å². The third-order valence-electron chi connectivity index (χ3n) is 13.1. The van der Waals surface area contributed by atoms with E-state index in [2.05, 4.69) is 36.8 Å². The fourth-order valence-electron chi connectivity index (χ4n) is 9.79. The monoisotopic (exact) mass is 807 g/mol. The number of aromatic nitrogens is 1. The van der Waals surface area contributed by atoms with Crippen molar-refractivity contribution in [2.24, 2.45) is 5.41 Å². The van der Waals surface area contributed by atoms with Crippen LogP contribution >= 0.6 is 11.6 Å². The molecule has 2 atom stereocenters. The van der Waals surface area contributed by atoms with E-state index in [0.717, 1.165) is 61.2 Å². The number of nitrogens with one attached hydrogen (secondary N) is 1. The topological polar surface area (TPSA) is 134 Å². The highest BCUT2D eigenvalue weighted by molar-refractivity contribution is 6.33. The lowest BCUT2D eigenvalue weighted by Crippen LogP contribution is -2.64. The molecule has 0 saturated carbocycles. The van der Waals surface area contributed by atoms with Crippen LogP contribution in [-0.4, -0.2) is 126 Å². The van der Waals surface area contributed by atoms with Crippen LogP contribution < -0.4 is 20.0 Å². The molecule has 5 saturated heterocycles. The minimum absolute atomic E-state index is 0.00621. The Morgan fingerprint density at radius 3 is 2.29 bits per heavy atom. The Balaban J connectivity index is 0.750. The first-order chi connectivity index (χ1) is 27.9. The van der Waals surface area contributed by atoms with Crippen LogP contribution in [0.3, 0.4) is 0 Å². The van der Waals surface area contributed by atoms with Gasteiger partial charge in [-0.3, -0.25) is 39.1 Å². The molecular weight excluding hydrogens is 765 g/mol. The highest BCUT2D eigenvalue weighted by Gasteiger charge is 2.47. The Kier molecular flexibility index (Phi) is 9.59. The van der Waals surface area contributed by atoms with E-state index in [4.69, 9.17) is 18.2 Å². The zero-order valence-electron chi connectivity index (χ0n) is 32.1. The molecule has 6 aliphatic heterocycles. The number of benzene rings is 2. The number of hydrogen-bond acceptors (Lipinski definition) is 10. The number of hydrogen-bond donors (Lipinski definition) is 1. The maximum absolute atomic E-state index is 15.4. The molecule has 0 bridgehead atoms. The second-order valence-electron chi connectivity index (χ2n) is 16.5. The third kappa shape index (κ3) is 6.61. The second kappa shape index (κ2) is 14.7. The largest absolute Gasteiger partial charge is 0.370 e. The molecule has 14 nitrogen and oxygen atoms in total. The summed E-state index contributed by atoms with van der Waals surface area (Å²) in [6.07, 6.45) is 5.06. The van der Waals surface area contributed by atoms with E-state index in [0.29, 0.717) is 61.7 Å². The van der Waals surface area contributed by atoms with Gasteiger partial charge < -0.3 is 19.6 Å². The summed E-state index contributed by atoms with van der Waals surface area (Å²) in [7, 11) is 0. The molecule has 1 unspecified atom stereocenters. The minimum Gasteiger partial charge on any atom is -0.370 e. The number of anilines is 3. The molecule has 6 aliphatic rings. The van der Waals surface area contributed by atoms with Crippen molar-refractivity contribution in [3.63, 3.8) is 0 Å². The molecule has 7 heterocycles. The summed E-state index contributed by atoms with van der Waals surface area (Å²) >= 11 is 6.37. The van der Waals surface area contributed by atoms with Crippen LogP contribution in [0.2, 0.25) is 5.02 Å². The molecule has 58 heavy (non-hydrogen) atoms. The highest BCUT2D eigenvalue weighted by atomic mass is 35.5. The molecule has 5 amide bonds. The number of piperazine rings is 1. The molecule has 5 fully saturated rings. The number of piperidine rings is 2. The Labute approximate surface area is 340 Å². The van der Waals surface area contributed by atoms with Gasteiger partial charge in [0.05, 0.1) is 35.3 Å². The number of rotatable bonds is 6. The Bertz CT molecular complexity index is 2260. The van der Waals surface area contributed by atoms with Crippen molar-refractivity contribution < 1.29 is 28.4 Å². The van der Waals surface area contributed by atoms with Gasteiger partial charge in [0, 0.05) is 88.1 Å². The number of nitrogens with zero attached hydrogens (tertiary/aromatic N) is 8. The highest BCUT2D eigenvalue weighted by Crippen LogP contribution is 2.46. The van der Waals surface area contributed by atoms with Gasteiger partial charge in [-0.15, -0.1) is 0 Å². The van der Waals surface area contributed by atoms with E-state index >= 15 is 4.39 Å². The Morgan fingerprint density at radius 1 is 0.931 bits per heavy atom. The quantitative estimate of drug-likeness (QED) is 0.283. The van der Waals surface area contributed by atoms with Crippen LogP contribution in [0, 0.1) is 17.8 Å². The van der Waals surface area contributed by atoms with Gasteiger partial charge in [-0.1, -0.05) is 17.7 Å². The normalized spacial score (nSPS) is 23.7. The van der Waals surface area contributed by atoms with Gasteiger partial charge in [0.2, 0.25) is 17.5 Å². The molecule has 1 aromatic heterocycles. The standard InChI is InChI=1S/C42H43ClFN9O5/c1-25-20-42(24-52(25)26-3-5-33(45-2)31(43)17-26)9-11-48(12-10-42)27-4-6-34(46-21-27)41(58)51-22-28(23-51)49-13-15-50(16-14-49)36-19-30-29(18-32(36)44)39(56)53(40(30)57)35-7-8-37(54)47-38(35)55/h3-6,17-19,21,25,28,35H,7-16,20,22-24H2,1H3,(H,47,54,55)/t25-,35?/m0/s1. The molecule has 0 radical (unpaired) electrons. The van der Waals surface area contributed by atoms with Gasteiger partial charge in [-0.05, 0) is 74.4 Å². The van der Waals surface area contributed by atoms with Crippen LogP contribution in [-0.2, 0) is 9.59 Å². The predicted molar refractivity (Wildman–Crippen MR) is 214 cm³/mol. The van der Waals surface area contributed by atoms with E-state index < -0.39 is 35.5 Å². The van der Waals surface area contributed by atoms with Gasteiger partial charge in [0.15, 0.2) is 0 Å². The number of halogens is 2. The summed E-state index contributed by atoms with van der Waals surface area (Å²) in [5, 5.41) is 2.66. The first-order valence-electron chi connectivity index (χ1n) is 19.9. The van der Waals surface area contributed by atoms with Crippen molar-refractivity contribution in [1.82, 2.24) is 25.0 Å². The number of imide groups is 2. The van der Waals surface area contributed by atoms with Crippen molar-refractivity contribution >= 4 is 63.9 Å². The summed E-state index contributed by atoms with van der Waals surface area (Å²) < 4.78 is 15.4. The maximum atomic E-state index is 15.4. The molecule has 3 aromatic rings. The second-order valence-corrected chi connectivity index (χ2v) is 16.9. The summed E-state index contributed by atoms with van der Waals surface area (Å²) in [5.41, 5.74) is 3.37. The number of likely N-dealkylation sites (tertiary alicyclic amines) is 1. The summed E-state index contributed by atoms with van der Waals surface area (Å²) in [5.74, 6) is -3.30. The number of carbonyl (C=O) groups excluding carboxylic acids is 5.